The third kappa shape index (κ3) is 1.78. The molecule has 4 nitrogen and oxygen atoms in total. The number of hydrogen-bond acceptors (Lipinski definition) is 4. The summed E-state index contributed by atoms with van der Waals surface area (Å²) in [5, 5.41) is 1.40. The molecule has 1 fully saturated rings. The average molecular weight is 299 g/mol. The number of ketones is 2. The van der Waals surface area contributed by atoms with Crippen LogP contribution in [0.3, 0.4) is 0 Å². The van der Waals surface area contributed by atoms with Gasteiger partial charge >= 0.3 is 0 Å². The molecule has 2 aromatic rings. The summed E-state index contributed by atoms with van der Waals surface area (Å²) < 4.78 is 19.3. The molecule has 2 aliphatic rings. The van der Waals surface area contributed by atoms with Gasteiger partial charge in [-0.25, -0.2) is 4.39 Å². The van der Waals surface area contributed by atoms with E-state index in [0.717, 1.165) is 24.2 Å². The van der Waals surface area contributed by atoms with Crippen molar-refractivity contribution >= 4 is 28.0 Å². The minimum absolute atomic E-state index is 0.301. The van der Waals surface area contributed by atoms with Gasteiger partial charge in [-0.15, -0.1) is 0 Å². The maximum Gasteiger partial charge on any atom is 0.225 e. The summed E-state index contributed by atoms with van der Waals surface area (Å²) in [6, 6.07) is 8.69. The molecule has 0 amide bonds. The monoisotopic (exact) mass is 299 g/mol. The molecule has 1 aliphatic heterocycles. The molecule has 1 aliphatic carbocycles. The molecule has 1 saturated heterocycles. The Bertz CT molecular complexity index is 774. The number of morpholine rings is 1. The quantitative estimate of drug-likeness (QED) is 0.759. The zero-order valence-corrected chi connectivity index (χ0v) is 11.8. The fourth-order valence-corrected chi connectivity index (χ4v) is 3.27. The number of carbonyl (C=O) groups excluding carboxylic acids is 2. The fourth-order valence-electron chi connectivity index (χ4n) is 3.27. The average Bonchev–Trinajstić information content (AvgIpc) is 2.58. The summed E-state index contributed by atoms with van der Waals surface area (Å²) in [7, 11) is 0. The van der Waals surface area contributed by atoms with Crippen LogP contribution in [-0.4, -0.2) is 44.0 Å². The summed E-state index contributed by atoms with van der Waals surface area (Å²) in [5.74, 6) is -1.47. The Labute approximate surface area is 126 Å². The maximum atomic E-state index is 13.9. The van der Waals surface area contributed by atoms with Gasteiger partial charge in [0.15, 0.2) is 0 Å². The van der Waals surface area contributed by atoms with Gasteiger partial charge in [-0.3, -0.25) is 9.59 Å². The number of carbonyl (C=O) groups is 2. The molecule has 0 spiro atoms. The number of Topliss-reactive ketones (excluding diaryl/α,β-unsaturated/α-hetero) is 2. The molecule has 0 bridgehead atoms. The van der Waals surface area contributed by atoms with E-state index in [1.165, 1.54) is 0 Å². The van der Waals surface area contributed by atoms with E-state index in [9.17, 15) is 14.0 Å². The Balaban J connectivity index is 1.98. The van der Waals surface area contributed by atoms with Crippen LogP contribution in [0.15, 0.2) is 30.3 Å². The van der Waals surface area contributed by atoms with Gasteiger partial charge in [-0.05, 0) is 12.1 Å². The minimum atomic E-state index is -2.08. The lowest BCUT2D eigenvalue weighted by atomic mass is 9.85. The zero-order valence-electron chi connectivity index (χ0n) is 11.8. The van der Waals surface area contributed by atoms with Gasteiger partial charge in [0.1, 0.15) is 0 Å². The highest BCUT2D eigenvalue weighted by Gasteiger charge is 2.36. The number of benzene rings is 2. The van der Waals surface area contributed by atoms with Crippen LogP contribution >= 0.6 is 0 Å². The van der Waals surface area contributed by atoms with E-state index >= 15 is 0 Å². The van der Waals surface area contributed by atoms with E-state index in [4.69, 9.17) is 4.74 Å². The molecular formula is C17H14FNO3. The smallest absolute Gasteiger partial charge is 0.225 e. The van der Waals surface area contributed by atoms with Crippen molar-refractivity contribution in [3.8, 4) is 0 Å². The summed E-state index contributed by atoms with van der Waals surface area (Å²) >= 11 is 0. The highest BCUT2D eigenvalue weighted by Crippen LogP contribution is 2.36. The summed E-state index contributed by atoms with van der Waals surface area (Å²) in [6.07, 6.45) is -2.08. The van der Waals surface area contributed by atoms with E-state index in [1.807, 2.05) is 12.1 Å². The van der Waals surface area contributed by atoms with E-state index < -0.39 is 17.7 Å². The summed E-state index contributed by atoms with van der Waals surface area (Å²) in [4.78, 5) is 26.3. The molecule has 0 radical (unpaired) electrons. The standard InChI is InChI=1S/C17H14FNO3/c18-15-16(20)11-3-1-2-10-13(19-6-8-22-9-7-19)5-4-12(14(10)11)17(15)21/h1-5,15H,6-9H2. The topological polar surface area (TPSA) is 46.6 Å². The molecule has 0 aromatic heterocycles. The second-order valence-corrected chi connectivity index (χ2v) is 5.55. The van der Waals surface area contributed by atoms with Crippen molar-refractivity contribution in [2.45, 2.75) is 6.17 Å². The molecule has 1 unspecified atom stereocenters. The van der Waals surface area contributed by atoms with Crippen molar-refractivity contribution < 1.29 is 18.7 Å². The Morgan fingerprint density at radius 1 is 1.00 bits per heavy atom. The van der Waals surface area contributed by atoms with Crippen LogP contribution in [-0.2, 0) is 4.74 Å². The molecule has 22 heavy (non-hydrogen) atoms. The first-order chi connectivity index (χ1) is 10.7. The SMILES string of the molecule is O=C1c2cccc3c(N4CCOCC4)ccc(c23)C(=O)C1F. The molecule has 4 rings (SSSR count). The van der Waals surface area contributed by atoms with Crippen LogP contribution in [0.1, 0.15) is 20.7 Å². The van der Waals surface area contributed by atoms with Gasteiger partial charge < -0.3 is 9.64 Å². The largest absolute Gasteiger partial charge is 0.378 e. The first-order valence-electron chi connectivity index (χ1n) is 7.29. The summed E-state index contributed by atoms with van der Waals surface area (Å²) in [5.41, 5.74) is 1.56. The van der Waals surface area contributed by atoms with Crippen molar-refractivity contribution in [3.63, 3.8) is 0 Å². The van der Waals surface area contributed by atoms with Crippen molar-refractivity contribution in [1.82, 2.24) is 0 Å². The van der Waals surface area contributed by atoms with Gasteiger partial charge in [-0.2, -0.15) is 0 Å². The Kier molecular flexibility index (Phi) is 2.97. The van der Waals surface area contributed by atoms with Crippen molar-refractivity contribution in [2.75, 3.05) is 31.2 Å². The maximum absolute atomic E-state index is 13.9. The first kappa shape index (κ1) is 13.4. The zero-order chi connectivity index (χ0) is 15.3. The molecule has 0 N–H and O–H groups in total. The predicted molar refractivity (Wildman–Crippen MR) is 80.5 cm³/mol. The van der Waals surface area contributed by atoms with Gasteiger partial charge in [0.25, 0.3) is 0 Å². The molecule has 0 saturated carbocycles. The van der Waals surface area contributed by atoms with E-state index in [0.29, 0.717) is 29.7 Å². The van der Waals surface area contributed by atoms with Crippen molar-refractivity contribution in [3.05, 3.63) is 41.5 Å². The lowest BCUT2D eigenvalue weighted by molar-refractivity contribution is 0.0753. The van der Waals surface area contributed by atoms with Gasteiger partial charge in [0.2, 0.25) is 17.7 Å². The molecule has 2 aromatic carbocycles. The van der Waals surface area contributed by atoms with Crippen LogP contribution in [0.2, 0.25) is 0 Å². The number of hydrogen-bond donors (Lipinski definition) is 0. The third-order valence-electron chi connectivity index (χ3n) is 4.36. The number of alkyl halides is 1. The van der Waals surface area contributed by atoms with Gasteiger partial charge in [0.05, 0.1) is 13.2 Å². The van der Waals surface area contributed by atoms with E-state index in [-0.39, 0.29) is 0 Å². The molecule has 1 heterocycles. The number of nitrogens with zero attached hydrogens (tertiary/aromatic N) is 1. The van der Waals surface area contributed by atoms with Crippen LogP contribution in [0, 0.1) is 0 Å². The molecular weight excluding hydrogens is 285 g/mol. The van der Waals surface area contributed by atoms with Gasteiger partial charge in [0, 0.05) is 40.7 Å². The predicted octanol–water partition coefficient (Wildman–Crippen LogP) is 2.39. The lowest BCUT2D eigenvalue weighted by Gasteiger charge is -2.31. The van der Waals surface area contributed by atoms with Crippen molar-refractivity contribution in [1.29, 1.82) is 0 Å². The molecule has 5 heteroatoms. The highest BCUT2D eigenvalue weighted by atomic mass is 19.1. The normalized spacial score (nSPS) is 21.5. The number of ether oxygens (including phenoxy) is 1. The van der Waals surface area contributed by atoms with Gasteiger partial charge in [-0.1, -0.05) is 18.2 Å². The molecule has 112 valence electrons. The van der Waals surface area contributed by atoms with Crippen LogP contribution < -0.4 is 4.90 Å². The van der Waals surface area contributed by atoms with Crippen LogP contribution in [0.25, 0.3) is 10.8 Å². The Morgan fingerprint density at radius 3 is 2.41 bits per heavy atom. The minimum Gasteiger partial charge on any atom is -0.378 e. The lowest BCUT2D eigenvalue weighted by Crippen LogP contribution is -2.36. The first-order valence-corrected chi connectivity index (χ1v) is 7.29. The van der Waals surface area contributed by atoms with Crippen LogP contribution in [0.4, 0.5) is 10.1 Å². The van der Waals surface area contributed by atoms with E-state index in [1.54, 1.807) is 18.2 Å². The summed E-state index contributed by atoms with van der Waals surface area (Å²) in [6.45, 7) is 2.80. The van der Waals surface area contributed by atoms with E-state index in [2.05, 4.69) is 4.90 Å². The van der Waals surface area contributed by atoms with Crippen LogP contribution in [0.5, 0.6) is 0 Å². The number of anilines is 1. The Morgan fingerprint density at radius 2 is 1.68 bits per heavy atom. The second kappa shape index (κ2) is 4.88. The Hall–Kier alpha value is -2.27. The second-order valence-electron chi connectivity index (χ2n) is 5.55. The fraction of sp³-hybridized carbons (Fsp3) is 0.294. The van der Waals surface area contributed by atoms with Crippen molar-refractivity contribution in [2.24, 2.45) is 0 Å². The number of halogens is 1. The third-order valence-corrected chi connectivity index (χ3v) is 4.36. The number of rotatable bonds is 1. The highest BCUT2D eigenvalue weighted by molar-refractivity contribution is 6.31. The molecule has 1 atom stereocenters.